The van der Waals surface area contributed by atoms with Crippen LogP contribution in [0, 0.1) is 0 Å². The van der Waals surface area contributed by atoms with E-state index < -0.39 is 12.4 Å². The molecule has 0 spiro atoms. The minimum Gasteiger partial charge on any atom is -0.402 e. The van der Waals surface area contributed by atoms with E-state index in [0.717, 1.165) is 16.4 Å². The fourth-order valence-corrected chi connectivity index (χ4v) is 11.2. The minimum absolute atomic E-state index is 0.272. The van der Waals surface area contributed by atoms with Gasteiger partial charge in [0, 0.05) is 22.5 Å². The molecule has 0 unspecified atom stereocenters. The van der Waals surface area contributed by atoms with E-state index in [-0.39, 0.29) is 5.88 Å². The molecule has 2 aromatic rings. The molecule has 0 atom stereocenters. The molecule has 0 saturated carbocycles. The van der Waals surface area contributed by atoms with Gasteiger partial charge in [0.1, 0.15) is 0 Å². The maximum atomic E-state index is 5.56. The van der Waals surface area contributed by atoms with Gasteiger partial charge >= 0.3 is 6.72 Å². The molecule has 2 rings (SSSR count). The van der Waals surface area contributed by atoms with Gasteiger partial charge in [-0.3, -0.25) is 9.05 Å². The third-order valence-corrected chi connectivity index (χ3v) is 12.9. The summed E-state index contributed by atoms with van der Waals surface area (Å²) in [5.74, 6) is 1.99. The predicted octanol–water partition coefficient (Wildman–Crippen LogP) is 7.75. The highest BCUT2D eigenvalue weighted by Gasteiger charge is 2.23. The summed E-state index contributed by atoms with van der Waals surface area (Å²) in [7, 11) is 0. The fraction of sp³-hybridized carbons (Fsp3) is 0.550. The zero-order valence-corrected chi connectivity index (χ0v) is 24.7. The molecule has 188 valence electrons. The summed E-state index contributed by atoms with van der Waals surface area (Å²) in [6.45, 7) is 9.01. The molecule has 0 aliphatic carbocycles. The lowest BCUT2D eigenvalue weighted by Gasteiger charge is -2.19. The van der Waals surface area contributed by atoms with E-state index >= 15 is 0 Å². The molecule has 1 aromatic carbocycles. The molecule has 0 amide bonds. The molecule has 1 aromatic heterocycles. The van der Waals surface area contributed by atoms with Gasteiger partial charge in [-0.25, -0.2) is 0 Å². The van der Waals surface area contributed by atoms with Crippen molar-refractivity contribution in [1.29, 1.82) is 0 Å². The normalized spacial score (nSPS) is 11.7. The highest BCUT2D eigenvalue weighted by atomic mass is 32.9. The van der Waals surface area contributed by atoms with Gasteiger partial charge < -0.3 is 18.1 Å². The third-order valence-electron chi connectivity index (χ3n) is 3.40. The van der Waals surface area contributed by atoms with Crippen molar-refractivity contribution in [3.63, 3.8) is 0 Å². The van der Waals surface area contributed by atoms with Crippen LogP contribution >= 0.6 is 35.6 Å². The standard InChI is InChI=1S/C13H16NO4PS.C7H17O2PS3/c1-3-15-19(20,16-4-2)18-13-10-12(17-14-13)11-8-6-5-7-9-11;1-4-8-10(11,9-5-2)13-7-12-6-3/h5-10H,3-4H2,1-2H3;4-7H2,1-3H3. The Morgan fingerprint density at radius 2 is 1.45 bits per heavy atom. The first-order valence-electron chi connectivity index (χ1n) is 10.6. The second-order valence-corrected chi connectivity index (χ2v) is 16.7. The topological polar surface area (TPSA) is 72.2 Å². The smallest absolute Gasteiger partial charge is 0.381 e. The van der Waals surface area contributed by atoms with Crippen molar-refractivity contribution in [2.24, 2.45) is 0 Å². The summed E-state index contributed by atoms with van der Waals surface area (Å²) >= 11 is 14.1. The molecule has 0 aliphatic rings. The summed E-state index contributed by atoms with van der Waals surface area (Å²) in [5.41, 5.74) is -1.11. The first-order chi connectivity index (χ1) is 15.8. The molecule has 0 fully saturated rings. The van der Waals surface area contributed by atoms with Crippen molar-refractivity contribution < 1.29 is 27.1 Å². The van der Waals surface area contributed by atoms with Crippen molar-refractivity contribution in [2.45, 2.75) is 34.6 Å². The van der Waals surface area contributed by atoms with Crippen LogP contribution < -0.4 is 4.52 Å². The van der Waals surface area contributed by atoms with Gasteiger partial charge in [0.2, 0.25) is 5.69 Å². The quantitative estimate of drug-likeness (QED) is 0.119. The van der Waals surface area contributed by atoms with Gasteiger partial charge in [-0.05, 0) is 50.4 Å². The number of hydrogen-bond donors (Lipinski definition) is 0. The van der Waals surface area contributed by atoms with Crippen LogP contribution in [-0.2, 0) is 41.7 Å². The Balaban J connectivity index is 0.000000366. The Bertz CT molecular complexity index is 851. The Morgan fingerprint density at radius 1 is 0.879 bits per heavy atom. The lowest BCUT2D eigenvalue weighted by atomic mass is 10.2. The number of benzene rings is 1. The lowest BCUT2D eigenvalue weighted by Crippen LogP contribution is -2.02. The van der Waals surface area contributed by atoms with Crippen LogP contribution in [0.1, 0.15) is 34.6 Å². The van der Waals surface area contributed by atoms with Gasteiger partial charge in [-0.15, -0.1) is 0 Å². The van der Waals surface area contributed by atoms with Gasteiger partial charge in [-0.2, -0.15) is 11.8 Å². The first kappa shape index (κ1) is 31.1. The average molecular weight is 574 g/mol. The van der Waals surface area contributed by atoms with Gasteiger partial charge in [0.25, 0.3) is 5.88 Å². The lowest BCUT2D eigenvalue weighted by molar-refractivity contribution is 0.213. The Hall–Kier alpha value is 0.0700. The van der Waals surface area contributed by atoms with Crippen molar-refractivity contribution >= 4 is 59.2 Å². The molecule has 0 radical (unpaired) electrons. The Labute approximate surface area is 216 Å². The molecule has 0 aliphatic heterocycles. The van der Waals surface area contributed by atoms with E-state index in [1.807, 2.05) is 69.8 Å². The van der Waals surface area contributed by atoms with Gasteiger partial charge in [0.05, 0.1) is 32.5 Å². The Kier molecular flexibility index (Phi) is 16.5. The molecule has 0 saturated heterocycles. The minimum atomic E-state index is -2.81. The Morgan fingerprint density at radius 3 is 1.97 bits per heavy atom. The summed E-state index contributed by atoms with van der Waals surface area (Å²) in [6, 6.07) is 11.3. The molecule has 0 N–H and O–H groups in total. The first-order valence-corrected chi connectivity index (χ1v) is 18.5. The second kappa shape index (κ2) is 17.5. The van der Waals surface area contributed by atoms with E-state index in [2.05, 4.69) is 12.1 Å². The highest BCUT2D eigenvalue weighted by Crippen LogP contribution is 2.61. The van der Waals surface area contributed by atoms with E-state index in [9.17, 15) is 0 Å². The summed E-state index contributed by atoms with van der Waals surface area (Å²) in [4.78, 5) is 0. The van der Waals surface area contributed by atoms with E-state index in [1.54, 1.807) is 17.4 Å². The molecule has 7 nitrogen and oxygen atoms in total. The molecule has 13 heteroatoms. The molecular weight excluding hydrogens is 540 g/mol. The van der Waals surface area contributed by atoms with Crippen LogP contribution in [0.4, 0.5) is 0 Å². The highest BCUT2D eigenvalue weighted by molar-refractivity contribution is 8.69. The van der Waals surface area contributed by atoms with Crippen LogP contribution in [0.2, 0.25) is 0 Å². The molecule has 0 bridgehead atoms. The van der Waals surface area contributed by atoms with Crippen molar-refractivity contribution in [3.05, 3.63) is 36.4 Å². The summed E-state index contributed by atoms with van der Waals surface area (Å²) < 4.78 is 32.5. The zero-order valence-electron chi connectivity index (χ0n) is 19.6. The van der Waals surface area contributed by atoms with Crippen LogP contribution in [-0.4, -0.2) is 42.4 Å². The SMILES string of the molecule is CCOP(=S)(OCC)Oc1cc(-c2ccccc2)on1.CCOP(=S)(OCC)SCSCC. The van der Waals surface area contributed by atoms with Crippen LogP contribution in [0.25, 0.3) is 11.3 Å². The summed E-state index contributed by atoms with van der Waals surface area (Å²) in [5, 5.41) is 4.81. The maximum Gasteiger partial charge on any atom is 0.381 e. The largest absolute Gasteiger partial charge is 0.402 e. The van der Waals surface area contributed by atoms with E-state index in [1.165, 1.54) is 0 Å². The van der Waals surface area contributed by atoms with Crippen LogP contribution in [0.5, 0.6) is 5.88 Å². The van der Waals surface area contributed by atoms with Gasteiger partial charge in [0.15, 0.2) is 5.76 Å². The summed E-state index contributed by atoms with van der Waals surface area (Å²) in [6.07, 6.45) is 0. The van der Waals surface area contributed by atoms with E-state index in [4.69, 9.17) is 50.8 Å². The molecular formula is C20H33NO6P2S4. The monoisotopic (exact) mass is 573 g/mol. The fourth-order valence-electron chi connectivity index (χ4n) is 2.17. The van der Waals surface area contributed by atoms with Crippen molar-refractivity contribution in [2.75, 3.05) is 37.3 Å². The second-order valence-electron chi connectivity index (χ2n) is 5.79. The van der Waals surface area contributed by atoms with Crippen molar-refractivity contribution in [1.82, 2.24) is 5.16 Å². The number of aromatic nitrogens is 1. The van der Waals surface area contributed by atoms with E-state index in [0.29, 0.717) is 32.2 Å². The number of nitrogens with zero attached hydrogens (tertiary/aromatic N) is 1. The number of thioether (sulfide) groups is 1. The van der Waals surface area contributed by atoms with Gasteiger partial charge in [-0.1, -0.05) is 48.6 Å². The molecule has 1 heterocycles. The van der Waals surface area contributed by atoms with Crippen LogP contribution in [0.15, 0.2) is 40.9 Å². The zero-order chi connectivity index (χ0) is 24.6. The van der Waals surface area contributed by atoms with Crippen LogP contribution in [0.3, 0.4) is 0 Å². The average Bonchev–Trinajstić information content (AvgIpc) is 3.24. The third kappa shape index (κ3) is 12.5. The maximum absolute atomic E-state index is 5.56. The predicted molar refractivity (Wildman–Crippen MR) is 148 cm³/mol. The number of rotatable bonds is 15. The number of hydrogen-bond acceptors (Lipinski definition) is 11. The van der Waals surface area contributed by atoms with Crippen molar-refractivity contribution in [3.8, 4) is 17.2 Å². The molecule has 33 heavy (non-hydrogen) atoms.